The van der Waals surface area contributed by atoms with E-state index in [0.29, 0.717) is 17.0 Å². The molecule has 7 nitrogen and oxygen atoms in total. The molecule has 1 aromatic heterocycles. The molecular weight excluding hydrogens is 383 g/mol. The van der Waals surface area contributed by atoms with E-state index in [-0.39, 0.29) is 22.8 Å². The number of hydrogen-bond donors (Lipinski definition) is 2. The highest BCUT2D eigenvalue weighted by Crippen LogP contribution is 2.15. The van der Waals surface area contributed by atoms with Crippen molar-refractivity contribution in [2.45, 2.75) is 11.4 Å². The summed E-state index contributed by atoms with van der Waals surface area (Å²) in [6.07, 6.45) is 2.76. The second-order valence-electron chi connectivity index (χ2n) is 5.84. The third-order valence-corrected chi connectivity index (χ3v) is 5.36. The fourth-order valence-corrected chi connectivity index (χ4v) is 3.22. The van der Waals surface area contributed by atoms with E-state index in [9.17, 15) is 17.6 Å². The first-order chi connectivity index (χ1) is 13.4. The third-order valence-electron chi connectivity index (χ3n) is 3.95. The Labute approximate surface area is 161 Å². The Morgan fingerprint density at radius 2 is 1.75 bits per heavy atom. The number of nitrogens with zero attached hydrogens (tertiary/aromatic N) is 2. The maximum atomic E-state index is 13.0. The van der Waals surface area contributed by atoms with Crippen LogP contribution in [-0.2, 0) is 16.6 Å². The lowest BCUT2D eigenvalue weighted by atomic mass is 10.2. The van der Waals surface area contributed by atoms with Crippen LogP contribution < -0.4 is 10.0 Å². The van der Waals surface area contributed by atoms with E-state index in [1.807, 2.05) is 0 Å². The largest absolute Gasteiger partial charge is 0.348 e. The van der Waals surface area contributed by atoms with Crippen LogP contribution in [0.3, 0.4) is 0 Å². The van der Waals surface area contributed by atoms with E-state index >= 15 is 0 Å². The molecule has 0 radical (unpaired) electrons. The van der Waals surface area contributed by atoms with Crippen LogP contribution in [0.25, 0.3) is 11.4 Å². The number of nitrogens with one attached hydrogen (secondary N) is 2. The highest BCUT2D eigenvalue weighted by Gasteiger charge is 2.12. The Bertz CT molecular complexity index is 1080. The Hall–Kier alpha value is -3.17. The quantitative estimate of drug-likeness (QED) is 0.660. The number of benzene rings is 2. The van der Waals surface area contributed by atoms with Crippen molar-refractivity contribution in [2.24, 2.45) is 0 Å². The highest BCUT2D eigenvalue weighted by atomic mass is 32.2. The molecule has 0 aliphatic carbocycles. The van der Waals surface area contributed by atoms with E-state index in [0.717, 1.165) is 0 Å². The summed E-state index contributed by atoms with van der Waals surface area (Å²) >= 11 is 0. The molecule has 3 rings (SSSR count). The van der Waals surface area contributed by atoms with Gasteiger partial charge in [-0.25, -0.2) is 27.5 Å². The van der Waals surface area contributed by atoms with Crippen molar-refractivity contribution in [3.05, 3.63) is 77.9 Å². The Kier molecular flexibility index (Phi) is 5.76. The molecule has 28 heavy (non-hydrogen) atoms. The molecule has 9 heteroatoms. The molecule has 0 unspecified atom stereocenters. The minimum atomic E-state index is -3.55. The number of rotatable bonds is 6. The zero-order chi connectivity index (χ0) is 20.1. The van der Waals surface area contributed by atoms with Crippen LogP contribution in [0.1, 0.15) is 15.9 Å². The van der Waals surface area contributed by atoms with Gasteiger partial charge < -0.3 is 5.32 Å². The average molecular weight is 400 g/mol. The molecule has 1 amide bonds. The van der Waals surface area contributed by atoms with Crippen molar-refractivity contribution in [2.75, 3.05) is 7.05 Å². The van der Waals surface area contributed by atoms with Crippen LogP contribution >= 0.6 is 0 Å². The number of halogens is 1. The molecular formula is C19H17FN4O3S. The van der Waals surface area contributed by atoms with E-state index < -0.39 is 15.9 Å². The van der Waals surface area contributed by atoms with Crippen molar-refractivity contribution in [3.8, 4) is 11.4 Å². The normalized spacial score (nSPS) is 11.2. The van der Waals surface area contributed by atoms with Crippen LogP contribution in [0, 0.1) is 5.82 Å². The highest BCUT2D eigenvalue weighted by molar-refractivity contribution is 7.89. The lowest BCUT2D eigenvalue weighted by Gasteiger charge is -2.08. The van der Waals surface area contributed by atoms with Gasteiger partial charge in [-0.2, -0.15) is 0 Å². The maximum absolute atomic E-state index is 13.0. The summed E-state index contributed by atoms with van der Waals surface area (Å²) in [6.45, 7) is 0.144. The molecule has 3 aromatic rings. The monoisotopic (exact) mass is 400 g/mol. The van der Waals surface area contributed by atoms with Gasteiger partial charge in [0.15, 0.2) is 5.82 Å². The van der Waals surface area contributed by atoms with Gasteiger partial charge in [-0.15, -0.1) is 0 Å². The van der Waals surface area contributed by atoms with Crippen molar-refractivity contribution >= 4 is 15.9 Å². The first kappa shape index (κ1) is 19.6. The number of amides is 1. The van der Waals surface area contributed by atoms with Crippen LogP contribution in [0.15, 0.2) is 65.8 Å². The zero-order valence-corrected chi connectivity index (χ0v) is 15.7. The fourth-order valence-electron chi connectivity index (χ4n) is 2.42. The summed E-state index contributed by atoms with van der Waals surface area (Å²) < 4.78 is 38.9. The van der Waals surface area contributed by atoms with Gasteiger partial charge >= 0.3 is 0 Å². The molecule has 2 N–H and O–H groups in total. The van der Waals surface area contributed by atoms with Crippen molar-refractivity contribution < 1.29 is 17.6 Å². The predicted molar refractivity (Wildman–Crippen MR) is 101 cm³/mol. The minimum Gasteiger partial charge on any atom is -0.348 e. The van der Waals surface area contributed by atoms with Gasteiger partial charge in [0.1, 0.15) is 5.82 Å². The molecule has 0 bridgehead atoms. The van der Waals surface area contributed by atoms with Crippen molar-refractivity contribution in [1.82, 2.24) is 20.0 Å². The first-order valence-electron chi connectivity index (χ1n) is 8.28. The second-order valence-corrected chi connectivity index (χ2v) is 7.73. The van der Waals surface area contributed by atoms with Gasteiger partial charge in [0.2, 0.25) is 10.0 Å². The van der Waals surface area contributed by atoms with Gasteiger partial charge in [-0.3, -0.25) is 4.79 Å². The molecule has 0 atom stereocenters. The number of hydrogen-bond acceptors (Lipinski definition) is 5. The van der Waals surface area contributed by atoms with Crippen LogP contribution in [0.5, 0.6) is 0 Å². The first-order valence-corrected chi connectivity index (χ1v) is 9.76. The molecule has 0 spiro atoms. The third kappa shape index (κ3) is 4.56. The summed E-state index contributed by atoms with van der Waals surface area (Å²) in [5, 5.41) is 2.69. The van der Waals surface area contributed by atoms with Gasteiger partial charge in [0.05, 0.1) is 10.5 Å². The van der Waals surface area contributed by atoms with Gasteiger partial charge in [-0.05, 0) is 49.0 Å². The lowest BCUT2D eigenvalue weighted by Crippen LogP contribution is -2.23. The topological polar surface area (TPSA) is 101 Å². The number of sulfonamides is 1. The zero-order valence-electron chi connectivity index (χ0n) is 14.9. The molecule has 0 saturated heterocycles. The summed E-state index contributed by atoms with van der Waals surface area (Å²) in [7, 11) is -2.22. The van der Waals surface area contributed by atoms with E-state index in [1.54, 1.807) is 24.3 Å². The molecule has 0 fully saturated rings. The Morgan fingerprint density at radius 3 is 2.39 bits per heavy atom. The van der Waals surface area contributed by atoms with Crippen LogP contribution in [-0.4, -0.2) is 31.3 Å². The van der Waals surface area contributed by atoms with E-state index in [2.05, 4.69) is 20.0 Å². The average Bonchev–Trinajstić information content (AvgIpc) is 2.73. The molecule has 0 aliphatic rings. The molecule has 0 aliphatic heterocycles. The van der Waals surface area contributed by atoms with Crippen LogP contribution in [0.4, 0.5) is 4.39 Å². The number of aromatic nitrogens is 2. The van der Waals surface area contributed by atoms with Gasteiger partial charge in [-0.1, -0.05) is 12.1 Å². The van der Waals surface area contributed by atoms with E-state index in [1.165, 1.54) is 43.7 Å². The summed E-state index contributed by atoms with van der Waals surface area (Å²) in [6, 6.07) is 12.0. The maximum Gasteiger partial charge on any atom is 0.254 e. The minimum absolute atomic E-state index is 0.119. The Balaban J connectivity index is 1.67. The van der Waals surface area contributed by atoms with Crippen molar-refractivity contribution in [1.29, 1.82) is 0 Å². The SMILES string of the molecule is CNS(=O)(=O)c1cccc(CNC(=O)c2cnc(-c3ccc(F)cc3)nc2)c1. The molecule has 0 saturated carbocycles. The molecule has 2 aromatic carbocycles. The lowest BCUT2D eigenvalue weighted by molar-refractivity contribution is 0.0950. The predicted octanol–water partition coefficient (Wildman–Crippen LogP) is 2.12. The summed E-state index contributed by atoms with van der Waals surface area (Å²) in [5.74, 6) is -0.375. The van der Waals surface area contributed by atoms with Crippen molar-refractivity contribution in [3.63, 3.8) is 0 Å². The van der Waals surface area contributed by atoms with Gasteiger partial charge in [0, 0.05) is 24.5 Å². The smallest absolute Gasteiger partial charge is 0.254 e. The molecule has 1 heterocycles. The fraction of sp³-hybridized carbons (Fsp3) is 0.105. The summed E-state index contributed by atoms with van der Waals surface area (Å²) in [4.78, 5) is 20.7. The van der Waals surface area contributed by atoms with Gasteiger partial charge in [0.25, 0.3) is 5.91 Å². The second kappa shape index (κ2) is 8.24. The number of carbonyl (C=O) groups excluding carboxylic acids is 1. The molecule has 144 valence electrons. The Morgan fingerprint density at radius 1 is 1.07 bits per heavy atom. The standard InChI is InChI=1S/C19H17FN4O3S/c1-21-28(26,27)17-4-2-3-13(9-17)10-24-19(25)15-11-22-18(23-12-15)14-5-7-16(20)8-6-14/h2-9,11-12,21H,10H2,1H3,(H,24,25). The summed E-state index contributed by atoms with van der Waals surface area (Å²) in [5.41, 5.74) is 1.52. The van der Waals surface area contributed by atoms with Crippen LogP contribution in [0.2, 0.25) is 0 Å². The number of carbonyl (C=O) groups is 1. The van der Waals surface area contributed by atoms with E-state index in [4.69, 9.17) is 0 Å².